The first-order valence-electron chi connectivity index (χ1n) is 6.33. The van der Waals surface area contributed by atoms with Crippen LogP contribution in [0.2, 0.25) is 0 Å². The van der Waals surface area contributed by atoms with E-state index in [9.17, 15) is 9.59 Å². The average Bonchev–Trinajstić information content (AvgIpc) is 2.39. The lowest BCUT2D eigenvalue weighted by Gasteiger charge is -2.27. The number of guanidine groups is 1. The van der Waals surface area contributed by atoms with E-state index in [-0.39, 0.29) is 6.54 Å². The van der Waals surface area contributed by atoms with Gasteiger partial charge in [0.1, 0.15) is 12.6 Å². The van der Waals surface area contributed by atoms with Crippen molar-refractivity contribution in [2.45, 2.75) is 18.9 Å². The first-order valence-corrected chi connectivity index (χ1v) is 7.32. The van der Waals surface area contributed by atoms with E-state index in [1.165, 1.54) is 11.9 Å². The summed E-state index contributed by atoms with van der Waals surface area (Å²) in [5.41, 5.74) is 0. The highest BCUT2D eigenvalue weighted by molar-refractivity contribution is 7.97. The van der Waals surface area contributed by atoms with Crippen molar-refractivity contribution < 1.29 is 19.8 Å². The minimum Gasteiger partial charge on any atom is -0.480 e. The number of aliphatic carboxylic acids is 2. The maximum atomic E-state index is 10.8. The van der Waals surface area contributed by atoms with E-state index >= 15 is 0 Å². The van der Waals surface area contributed by atoms with Crippen LogP contribution in [-0.4, -0.2) is 71.5 Å². The number of carboxylic acids is 2. The van der Waals surface area contributed by atoms with Crippen LogP contribution in [0.3, 0.4) is 0 Å². The summed E-state index contributed by atoms with van der Waals surface area (Å²) in [7, 11) is 1.61. The molecule has 0 fully saturated rings. The average molecular weight is 304 g/mol. The van der Waals surface area contributed by atoms with Gasteiger partial charge in [0, 0.05) is 18.8 Å². The Morgan fingerprint density at radius 1 is 1.50 bits per heavy atom. The Balaban J connectivity index is 2.34. The standard InChI is InChI=1S/C11H20N4O4S/c1-12-8(10(18)19)3-6-20-14-11-13-4-2-5-15(11)7-9(16)17/h8,12H,2-7H2,1H3,(H,13,14)(H,16,17)(H,18,19). The summed E-state index contributed by atoms with van der Waals surface area (Å²) >= 11 is 1.33. The van der Waals surface area contributed by atoms with E-state index in [0.717, 1.165) is 6.42 Å². The number of nitrogens with zero attached hydrogens (tertiary/aromatic N) is 2. The molecule has 1 atom stereocenters. The fourth-order valence-corrected chi connectivity index (χ4v) is 2.53. The van der Waals surface area contributed by atoms with Crippen molar-refractivity contribution in [1.29, 1.82) is 0 Å². The summed E-state index contributed by atoms with van der Waals surface area (Å²) in [6.45, 7) is 1.25. The Labute approximate surface area is 121 Å². The fourth-order valence-electron chi connectivity index (χ4n) is 1.75. The number of rotatable bonds is 8. The predicted molar refractivity (Wildman–Crippen MR) is 76.8 cm³/mol. The van der Waals surface area contributed by atoms with Gasteiger partial charge in [-0.3, -0.25) is 14.6 Å². The first-order chi connectivity index (χ1) is 9.54. The van der Waals surface area contributed by atoms with Crippen LogP contribution >= 0.6 is 11.9 Å². The van der Waals surface area contributed by atoms with Gasteiger partial charge in [-0.15, -0.1) is 0 Å². The molecule has 0 aromatic rings. The Hall–Kier alpha value is -1.48. The molecule has 4 N–H and O–H groups in total. The van der Waals surface area contributed by atoms with Crippen molar-refractivity contribution in [3.63, 3.8) is 0 Å². The van der Waals surface area contributed by atoms with Gasteiger partial charge in [0.25, 0.3) is 0 Å². The SMILES string of the molecule is CNC(CCSNC1=NCCCN1CC(=O)O)C(=O)O. The number of carbonyl (C=O) groups is 2. The highest BCUT2D eigenvalue weighted by Crippen LogP contribution is 2.06. The number of carboxylic acid groups (broad SMARTS) is 2. The quantitative estimate of drug-likeness (QED) is 0.348. The monoisotopic (exact) mass is 304 g/mol. The molecule has 0 saturated heterocycles. The number of nitrogens with one attached hydrogen (secondary N) is 2. The summed E-state index contributed by atoms with van der Waals surface area (Å²) in [6, 6.07) is -0.576. The van der Waals surface area contributed by atoms with Crippen LogP contribution in [0, 0.1) is 0 Å². The van der Waals surface area contributed by atoms with E-state index in [2.05, 4.69) is 15.0 Å². The van der Waals surface area contributed by atoms with Gasteiger partial charge in [-0.05, 0) is 19.9 Å². The molecular weight excluding hydrogens is 284 g/mol. The second-order valence-corrected chi connectivity index (χ2v) is 5.19. The van der Waals surface area contributed by atoms with Crippen LogP contribution in [0.4, 0.5) is 0 Å². The summed E-state index contributed by atoms with van der Waals surface area (Å²) < 4.78 is 3.00. The maximum Gasteiger partial charge on any atom is 0.323 e. The molecule has 1 unspecified atom stereocenters. The predicted octanol–water partition coefficient (Wildman–Crippen LogP) is -0.567. The summed E-state index contributed by atoms with van der Waals surface area (Å²) in [5.74, 6) is -0.638. The van der Waals surface area contributed by atoms with Gasteiger partial charge in [-0.25, -0.2) is 0 Å². The molecule has 0 aromatic carbocycles. The molecule has 20 heavy (non-hydrogen) atoms. The molecule has 0 amide bonds. The van der Waals surface area contributed by atoms with E-state index in [1.54, 1.807) is 11.9 Å². The molecule has 1 aliphatic heterocycles. The molecule has 8 nitrogen and oxygen atoms in total. The van der Waals surface area contributed by atoms with Crippen LogP contribution in [0.1, 0.15) is 12.8 Å². The molecule has 0 aliphatic carbocycles. The molecule has 0 radical (unpaired) electrons. The van der Waals surface area contributed by atoms with Gasteiger partial charge in [0.05, 0.1) is 0 Å². The number of likely N-dealkylation sites (N-methyl/N-ethyl adjacent to an activating group) is 1. The van der Waals surface area contributed by atoms with Gasteiger partial charge in [0.15, 0.2) is 0 Å². The van der Waals surface area contributed by atoms with Crippen molar-refractivity contribution in [2.75, 3.05) is 32.4 Å². The molecule has 0 spiro atoms. The second kappa shape index (κ2) is 8.64. The lowest BCUT2D eigenvalue weighted by molar-refractivity contribution is -0.139. The molecule has 1 aliphatic rings. The molecule has 9 heteroatoms. The van der Waals surface area contributed by atoms with Crippen LogP contribution in [-0.2, 0) is 9.59 Å². The zero-order chi connectivity index (χ0) is 15.0. The Morgan fingerprint density at radius 2 is 2.25 bits per heavy atom. The normalized spacial score (nSPS) is 16.4. The molecule has 0 saturated carbocycles. The van der Waals surface area contributed by atoms with Crippen LogP contribution in [0.15, 0.2) is 4.99 Å². The van der Waals surface area contributed by atoms with Crippen molar-refractivity contribution in [3.05, 3.63) is 0 Å². The summed E-state index contributed by atoms with van der Waals surface area (Å²) in [5, 5.41) is 20.4. The van der Waals surface area contributed by atoms with Gasteiger partial charge < -0.3 is 25.2 Å². The zero-order valence-electron chi connectivity index (χ0n) is 11.3. The van der Waals surface area contributed by atoms with E-state index in [0.29, 0.717) is 31.2 Å². The van der Waals surface area contributed by atoms with Gasteiger partial charge in [-0.1, -0.05) is 11.9 Å². The molecule has 0 aromatic heterocycles. The Kier molecular flexibility index (Phi) is 7.16. The topological polar surface area (TPSA) is 114 Å². The highest BCUT2D eigenvalue weighted by Gasteiger charge is 2.18. The zero-order valence-corrected chi connectivity index (χ0v) is 12.2. The third-order valence-corrected chi connectivity index (χ3v) is 3.56. The van der Waals surface area contributed by atoms with Gasteiger partial charge >= 0.3 is 11.9 Å². The summed E-state index contributed by atoms with van der Waals surface area (Å²) in [4.78, 5) is 27.5. The van der Waals surface area contributed by atoms with Crippen molar-refractivity contribution in [1.82, 2.24) is 14.9 Å². The number of aliphatic imine (C=N–C) groups is 1. The summed E-state index contributed by atoms with van der Waals surface area (Å²) in [6.07, 6.45) is 1.31. The molecule has 0 bridgehead atoms. The lowest BCUT2D eigenvalue weighted by Crippen LogP contribution is -2.45. The molecule has 1 heterocycles. The first kappa shape index (κ1) is 16.6. The van der Waals surface area contributed by atoms with E-state index in [1.807, 2.05) is 0 Å². The molecular formula is C11H20N4O4S. The minimum atomic E-state index is -0.896. The van der Waals surface area contributed by atoms with Crippen molar-refractivity contribution in [2.24, 2.45) is 4.99 Å². The number of hydrogen-bond donors (Lipinski definition) is 4. The van der Waals surface area contributed by atoms with Crippen LogP contribution in [0.25, 0.3) is 0 Å². The third kappa shape index (κ3) is 5.66. The van der Waals surface area contributed by atoms with Crippen LogP contribution < -0.4 is 10.0 Å². The molecule has 1 rings (SSSR count). The Bertz CT molecular complexity index is 377. The van der Waals surface area contributed by atoms with Crippen LogP contribution in [0.5, 0.6) is 0 Å². The Morgan fingerprint density at radius 3 is 2.85 bits per heavy atom. The third-order valence-electron chi connectivity index (χ3n) is 2.79. The van der Waals surface area contributed by atoms with E-state index in [4.69, 9.17) is 10.2 Å². The number of hydrogen-bond acceptors (Lipinski definition) is 7. The maximum absolute atomic E-state index is 10.8. The largest absolute Gasteiger partial charge is 0.480 e. The van der Waals surface area contributed by atoms with E-state index < -0.39 is 18.0 Å². The minimum absolute atomic E-state index is 0.0827. The smallest absolute Gasteiger partial charge is 0.323 e. The molecule has 114 valence electrons. The van der Waals surface area contributed by atoms with Gasteiger partial charge in [-0.2, -0.15) is 0 Å². The van der Waals surface area contributed by atoms with Crippen molar-refractivity contribution in [3.8, 4) is 0 Å². The highest BCUT2D eigenvalue weighted by atomic mass is 32.2. The fraction of sp³-hybridized carbons (Fsp3) is 0.727. The second-order valence-electron chi connectivity index (χ2n) is 4.29. The van der Waals surface area contributed by atoms with Gasteiger partial charge in [0.2, 0.25) is 5.96 Å². The van der Waals surface area contributed by atoms with Crippen molar-refractivity contribution >= 4 is 29.8 Å². The lowest BCUT2D eigenvalue weighted by atomic mass is 10.2.